The maximum absolute atomic E-state index is 11.4. The summed E-state index contributed by atoms with van der Waals surface area (Å²) in [7, 11) is 1.78. The Morgan fingerprint density at radius 1 is 1.62 bits per heavy atom. The van der Waals surface area contributed by atoms with Gasteiger partial charge in [-0.3, -0.25) is 9.48 Å². The Morgan fingerprint density at radius 3 is 2.81 bits per heavy atom. The van der Waals surface area contributed by atoms with Crippen LogP contribution in [0, 0.1) is 5.41 Å². The fraction of sp³-hybridized carbons (Fsp3) is 0.700. The van der Waals surface area contributed by atoms with Crippen LogP contribution in [-0.4, -0.2) is 39.1 Å². The first-order valence-electron chi connectivity index (χ1n) is 5.28. The first-order valence-corrected chi connectivity index (χ1v) is 5.28. The van der Waals surface area contributed by atoms with Gasteiger partial charge in [0.2, 0.25) is 0 Å². The highest BCUT2D eigenvalue weighted by molar-refractivity contribution is 5.75. The molecule has 6 heteroatoms. The van der Waals surface area contributed by atoms with E-state index < -0.39 is 11.4 Å². The third-order valence-electron chi connectivity index (χ3n) is 3.21. The molecule has 1 N–H and O–H groups in total. The number of hydrogen-bond acceptors (Lipinski definition) is 4. The van der Waals surface area contributed by atoms with Gasteiger partial charge in [-0.25, -0.2) is 4.98 Å². The second-order valence-electron chi connectivity index (χ2n) is 4.17. The van der Waals surface area contributed by atoms with Gasteiger partial charge in [-0.05, 0) is 12.8 Å². The Labute approximate surface area is 93.2 Å². The lowest BCUT2D eigenvalue weighted by atomic mass is 9.77. The summed E-state index contributed by atoms with van der Waals surface area (Å²) in [6, 6.07) is 0. The summed E-state index contributed by atoms with van der Waals surface area (Å²) < 4.78 is 6.84. The first-order chi connectivity index (χ1) is 7.64. The van der Waals surface area contributed by atoms with Gasteiger partial charge in [-0.1, -0.05) is 0 Å². The third kappa shape index (κ3) is 1.92. The van der Waals surface area contributed by atoms with Crippen LogP contribution in [-0.2, 0) is 23.0 Å². The molecule has 6 nitrogen and oxygen atoms in total. The Bertz CT molecular complexity index is 382. The quantitative estimate of drug-likeness (QED) is 0.797. The molecule has 2 rings (SSSR count). The van der Waals surface area contributed by atoms with Crippen LogP contribution in [0.3, 0.4) is 0 Å². The lowest BCUT2D eigenvalue weighted by molar-refractivity contribution is -0.155. The summed E-state index contributed by atoms with van der Waals surface area (Å²) in [4.78, 5) is 15.5. The van der Waals surface area contributed by atoms with Gasteiger partial charge in [0, 0.05) is 26.7 Å². The summed E-state index contributed by atoms with van der Waals surface area (Å²) in [5, 5.41) is 13.3. The lowest BCUT2D eigenvalue weighted by Crippen LogP contribution is -2.39. The number of hydrogen-bond donors (Lipinski definition) is 1. The molecule has 1 aromatic rings. The zero-order valence-corrected chi connectivity index (χ0v) is 9.22. The molecule has 1 aromatic heterocycles. The Balaban J connectivity index is 2.20. The van der Waals surface area contributed by atoms with Crippen LogP contribution in [0.1, 0.15) is 18.7 Å². The second kappa shape index (κ2) is 4.21. The molecule has 16 heavy (non-hydrogen) atoms. The summed E-state index contributed by atoms with van der Waals surface area (Å²) in [6.07, 6.45) is 2.94. The van der Waals surface area contributed by atoms with Gasteiger partial charge in [0.05, 0.1) is 5.41 Å². The van der Waals surface area contributed by atoms with Crippen LogP contribution in [0.2, 0.25) is 0 Å². The number of carbonyl (C=O) groups is 1. The predicted octanol–water partition coefficient (Wildman–Crippen LogP) is 0.239. The van der Waals surface area contributed by atoms with E-state index in [2.05, 4.69) is 10.1 Å². The molecule has 1 saturated heterocycles. The summed E-state index contributed by atoms with van der Waals surface area (Å²) >= 11 is 0. The van der Waals surface area contributed by atoms with E-state index >= 15 is 0 Å². The second-order valence-corrected chi connectivity index (χ2v) is 4.17. The van der Waals surface area contributed by atoms with Crippen molar-refractivity contribution in [1.82, 2.24) is 14.8 Å². The van der Waals surface area contributed by atoms with Gasteiger partial charge in [0.15, 0.2) is 0 Å². The van der Waals surface area contributed by atoms with Gasteiger partial charge >= 0.3 is 5.97 Å². The fourth-order valence-corrected chi connectivity index (χ4v) is 2.01. The van der Waals surface area contributed by atoms with Crippen molar-refractivity contribution < 1.29 is 14.6 Å². The predicted molar refractivity (Wildman–Crippen MR) is 54.8 cm³/mol. The average Bonchev–Trinajstić information content (AvgIpc) is 2.65. The number of aromatic nitrogens is 3. The van der Waals surface area contributed by atoms with Crippen molar-refractivity contribution in [2.24, 2.45) is 12.5 Å². The normalized spacial score (nSPS) is 19.6. The van der Waals surface area contributed by atoms with Crippen LogP contribution < -0.4 is 0 Å². The number of aryl methyl sites for hydroxylation is 1. The number of aliphatic carboxylic acids is 1. The molecule has 0 unspecified atom stereocenters. The van der Waals surface area contributed by atoms with Gasteiger partial charge < -0.3 is 9.84 Å². The van der Waals surface area contributed by atoms with Gasteiger partial charge in [0.1, 0.15) is 12.2 Å². The molecule has 0 aliphatic carbocycles. The number of carboxylic acid groups (broad SMARTS) is 1. The molecule has 0 spiro atoms. The maximum Gasteiger partial charge on any atom is 0.310 e. The van der Waals surface area contributed by atoms with E-state index in [9.17, 15) is 9.90 Å². The monoisotopic (exact) mass is 225 g/mol. The molecule has 1 aliphatic rings. The Hall–Kier alpha value is -1.43. The number of rotatable bonds is 3. The summed E-state index contributed by atoms with van der Waals surface area (Å²) in [5.41, 5.74) is -0.737. The van der Waals surface area contributed by atoms with E-state index in [0.29, 0.717) is 38.3 Å². The minimum Gasteiger partial charge on any atom is -0.481 e. The molecule has 0 atom stereocenters. The van der Waals surface area contributed by atoms with Crippen molar-refractivity contribution in [3.63, 3.8) is 0 Å². The van der Waals surface area contributed by atoms with Crippen molar-refractivity contribution in [3.05, 3.63) is 12.2 Å². The highest BCUT2D eigenvalue weighted by Crippen LogP contribution is 2.34. The largest absolute Gasteiger partial charge is 0.481 e. The van der Waals surface area contributed by atoms with E-state index in [1.165, 1.54) is 6.33 Å². The standard InChI is InChI=1S/C10H15N3O3/c1-13-8(11-7-12-13)6-10(9(14)15)2-4-16-5-3-10/h7H,2-6H2,1H3,(H,14,15). The van der Waals surface area contributed by atoms with Crippen LogP contribution in [0.5, 0.6) is 0 Å². The van der Waals surface area contributed by atoms with E-state index in [1.54, 1.807) is 11.7 Å². The number of ether oxygens (including phenoxy) is 1. The number of nitrogens with zero attached hydrogens (tertiary/aromatic N) is 3. The van der Waals surface area contributed by atoms with Crippen LogP contribution in [0.25, 0.3) is 0 Å². The van der Waals surface area contributed by atoms with Crippen molar-refractivity contribution in [2.45, 2.75) is 19.3 Å². The molecule has 88 valence electrons. The highest BCUT2D eigenvalue weighted by Gasteiger charge is 2.41. The molecule has 2 heterocycles. The van der Waals surface area contributed by atoms with E-state index in [0.717, 1.165) is 0 Å². The zero-order chi connectivity index (χ0) is 11.6. The SMILES string of the molecule is Cn1ncnc1CC1(C(=O)O)CCOCC1. The average molecular weight is 225 g/mol. The van der Waals surface area contributed by atoms with Crippen molar-refractivity contribution in [2.75, 3.05) is 13.2 Å². The molecule has 0 bridgehead atoms. The van der Waals surface area contributed by atoms with Gasteiger partial charge in [0.25, 0.3) is 0 Å². The fourth-order valence-electron chi connectivity index (χ4n) is 2.01. The Kier molecular flexibility index (Phi) is 2.91. The smallest absolute Gasteiger partial charge is 0.310 e. The molecule has 1 fully saturated rings. The minimum absolute atomic E-state index is 0.419. The molecular weight excluding hydrogens is 210 g/mol. The molecule has 0 radical (unpaired) electrons. The van der Waals surface area contributed by atoms with Gasteiger partial charge in [-0.15, -0.1) is 0 Å². The van der Waals surface area contributed by atoms with Crippen molar-refractivity contribution in [1.29, 1.82) is 0 Å². The van der Waals surface area contributed by atoms with Gasteiger partial charge in [-0.2, -0.15) is 5.10 Å². The van der Waals surface area contributed by atoms with E-state index in [4.69, 9.17) is 4.74 Å². The molecule has 0 amide bonds. The summed E-state index contributed by atoms with van der Waals surface area (Å²) in [5.74, 6) is -0.0527. The summed E-state index contributed by atoms with van der Waals surface area (Å²) in [6.45, 7) is 1.01. The van der Waals surface area contributed by atoms with E-state index in [1.807, 2.05) is 0 Å². The van der Waals surface area contributed by atoms with Crippen molar-refractivity contribution >= 4 is 5.97 Å². The topological polar surface area (TPSA) is 77.2 Å². The Morgan fingerprint density at radius 2 is 2.31 bits per heavy atom. The van der Waals surface area contributed by atoms with Crippen LogP contribution in [0.15, 0.2) is 6.33 Å². The van der Waals surface area contributed by atoms with Crippen LogP contribution in [0.4, 0.5) is 0 Å². The van der Waals surface area contributed by atoms with Crippen LogP contribution >= 0.6 is 0 Å². The minimum atomic E-state index is -0.765. The zero-order valence-electron chi connectivity index (χ0n) is 9.22. The molecule has 0 saturated carbocycles. The highest BCUT2D eigenvalue weighted by atomic mass is 16.5. The lowest BCUT2D eigenvalue weighted by Gasteiger charge is -2.32. The molecular formula is C10H15N3O3. The maximum atomic E-state index is 11.4. The number of carboxylic acids is 1. The van der Waals surface area contributed by atoms with Crippen molar-refractivity contribution in [3.8, 4) is 0 Å². The third-order valence-corrected chi connectivity index (χ3v) is 3.21. The first kappa shape index (κ1) is 11.1. The molecule has 0 aromatic carbocycles. The molecule has 1 aliphatic heterocycles. The van der Waals surface area contributed by atoms with E-state index in [-0.39, 0.29) is 0 Å².